The fourth-order valence-corrected chi connectivity index (χ4v) is 9.47. The summed E-state index contributed by atoms with van der Waals surface area (Å²) in [6.45, 7) is 9.05. The number of alkyl carbamates (subject to hydrolysis) is 1. The molecule has 0 spiro atoms. The summed E-state index contributed by atoms with van der Waals surface area (Å²) in [5, 5.41) is 3.09. The van der Waals surface area contributed by atoms with Crippen molar-refractivity contribution < 1.29 is 23.5 Å². The molecule has 1 N–H and O–H groups in total. The minimum Gasteiger partial charge on any atom is -0.496 e. The van der Waals surface area contributed by atoms with Gasteiger partial charge in [0.2, 0.25) is 5.91 Å². The molecule has 5 aliphatic rings. The number of aromatic nitrogens is 2. The lowest BCUT2D eigenvalue weighted by atomic mass is 9.51. The Bertz CT molecular complexity index is 1700. The van der Waals surface area contributed by atoms with E-state index in [-0.39, 0.29) is 46.3 Å². The second-order valence-corrected chi connectivity index (χ2v) is 17.4. The summed E-state index contributed by atoms with van der Waals surface area (Å²) in [5.74, 6) is 2.28. The van der Waals surface area contributed by atoms with E-state index in [2.05, 4.69) is 51.2 Å². The molecule has 9 nitrogen and oxygen atoms in total. The number of anilines is 1. The summed E-state index contributed by atoms with van der Waals surface area (Å²) in [6, 6.07) is 10.9. The summed E-state index contributed by atoms with van der Waals surface area (Å²) in [7, 11) is 1.74. The van der Waals surface area contributed by atoms with Crippen LogP contribution in [0.2, 0.25) is 0 Å². The smallest absolute Gasteiger partial charge is 0.407 e. The van der Waals surface area contributed by atoms with Crippen molar-refractivity contribution in [3.05, 3.63) is 59.8 Å². The van der Waals surface area contributed by atoms with E-state index in [1.165, 1.54) is 17.5 Å². The van der Waals surface area contributed by atoms with Gasteiger partial charge in [-0.2, -0.15) is 0 Å². The summed E-state index contributed by atoms with van der Waals surface area (Å²) in [6.07, 6.45) is 18.0. The van der Waals surface area contributed by atoms with Crippen LogP contribution in [0.15, 0.2) is 47.2 Å². The summed E-state index contributed by atoms with van der Waals surface area (Å²) >= 11 is 0. The first kappa shape index (κ1) is 36.5. The van der Waals surface area contributed by atoms with E-state index in [0.29, 0.717) is 43.9 Å². The zero-order valence-corrected chi connectivity index (χ0v) is 32.0. The van der Waals surface area contributed by atoms with Crippen molar-refractivity contribution in [3.63, 3.8) is 0 Å². The molecule has 0 radical (unpaired) electrons. The SMILES string of the molecule is COc1ccc(C23CCC(CN(C(=O)C4CCC(OC(=O)NC5CCCCC5)CC4)c4cc(-c5coc(C(C)(C)C)n5)ccn4)(CC2)CC3)cc1C. The van der Waals surface area contributed by atoms with Gasteiger partial charge in [-0.25, -0.2) is 14.8 Å². The quantitative estimate of drug-likeness (QED) is 0.236. The molecular weight excluding hydrogens is 652 g/mol. The van der Waals surface area contributed by atoms with E-state index in [1.54, 1.807) is 19.6 Å². The van der Waals surface area contributed by atoms with Crippen LogP contribution in [0, 0.1) is 18.3 Å². The van der Waals surface area contributed by atoms with Crippen molar-refractivity contribution in [1.29, 1.82) is 0 Å². The standard InChI is InChI=1S/C43H58N4O5/c1-29-25-32(13-16-36(29)50-5)43-21-18-42(19-22-43,20-23-43)28-47(37-26-31(17-24-44-37)35-27-51-39(46-35)41(2,3)4)38(48)30-11-14-34(15-12-30)52-40(49)45-33-9-7-6-8-10-33/h13,16-17,24-27,30,33-34H,6-12,14-15,18-23,28H2,1-5H3,(H,45,49). The van der Waals surface area contributed by atoms with Crippen molar-refractivity contribution >= 4 is 17.8 Å². The Labute approximate surface area is 309 Å². The van der Waals surface area contributed by atoms with Gasteiger partial charge in [-0.3, -0.25) is 9.69 Å². The van der Waals surface area contributed by atoms with E-state index in [4.69, 9.17) is 23.9 Å². The average Bonchev–Trinajstić information content (AvgIpc) is 3.67. The highest BCUT2D eigenvalue weighted by Crippen LogP contribution is 2.58. The number of carbonyl (C=O) groups excluding carboxylic acids is 2. The summed E-state index contributed by atoms with van der Waals surface area (Å²) in [5.41, 5.74) is 4.27. The third-order valence-electron chi connectivity index (χ3n) is 12.9. The number of rotatable bonds is 9. The van der Waals surface area contributed by atoms with Crippen LogP contribution in [0.1, 0.15) is 134 Å². The Kier molecular flexibility index (Phi) is 10.4. The van der Waals surface area contributed by atoms with Crippen molar-refractivity contribution in [2.75, 3.05) is 18.6 Å². The number of aryl methyl sites for hydroxylation is 1. The number of nitrogens with one attached hydrogen (secondary N) is 1. The molecule has 2 heterocycles. The number of amides is 2. The number of carbonyl (C=O) groups is 2. The lowest BCUT2D eigenvalue weighted by Crippen LogP contribution is -2.52. The normalized spacial score (nSPS) is 26.5. The van der Waals surface area contributed by atoms with Crippen LogP contribution in [-0.4, -0.2) is 47.8 Å². The van der Waals surface area contributed by atoms with E-state index in [0.717, 1.165) is 81.2 Å². The maximum absolute atomic E-state index is 14.7. The summed E-state index contributed by atoms with van der Waals surface area (Å²) in [4.78, 5) is 39.1. The predicted octanol–water partition coefficient (Wildman–Crippen LogP) is 9.59. The molecule has 8 rings (SSSR count). The Morgan fingerprint density at radius 3 is 2.29 bits per heavy atom. The third-order valence-corrected chi connectivity index (χ3v) is 12.9. The number of benzene rings is 1. The van der Waals surface area contributed by atoms with Gasteiger partial charge in [0.05, 0.1) is 7.11 Å². The largest absolute Gasteiger partial charge is 0.496 e. The van der Waals surface area contributed by atoms with Gasteiger partial charge in [0.25, 0.3) is 0 Å². The van der Waals surface area contributed by atoms with Crippen LogP contribution >= 0.6 is 0 Å². The molecule has 0 unspecified atom stereocenters. The van der Waals surface area contributed by atoms with Gasteiger partial charge in [0.15, 0.2) is 5.89 Å². The lowest BCUT2D eigenvalue weighted by molar-refractivity contribution is -0.124. The first-order chi connectivity index (χ1) is 25.0. The van der Waals surface area contributed by atoms with Crippen molar-refractivity contribution in [2.45, 2.75) is 147 Å². The van der Waals surface area contributed by atoms with Gasteiger partial charge in [-0.1, -0.05) is 52.2 Å². The Morgan fingerprint density at radius 2 is 1.65 bits per heavy atom. The fourth-order valence-electron chi connectivity index (χ4n) is 9.47. The molecule has 0 aliphatic heterocycles. The topological polar surface area (TPSA) is 107 Å². The Hall–Kier alpha value is -3.88. The number of pyridine rings is 1. The van der Waals surface area contributed by atoms with E-state index < -0.39 is 0 Å². The zero-order chi connectivity index (χ0) is 36.5. The number of nitrogens with zero attached hydrogens (tertiary/aromatic N) is 3. The fraction of sp³-hybridized carbons (Fsp3) is 0.628. The maximum atomic E-state index is 14.7. The highest BCUT2D eigenvalue weighted by Gasteiger charge is 2.51. The van der Waals surface area contributed by atoms with Gasteiger partial charge >= 0.3 is 6.09 Å². The molecular formula is C43H58N4O5. The zero-order valence-electron chi connectivity index (χ0n) is 32.0. The van der Waals surface area contributed by atoms with Crippen LogP contribution in [0.3, 0.4) is 0 Å². The molecule has 5 aliphatic carbocycles. The van der Waals surface area contributed by atoms with Gasteiger partial charge in [-0.15, -0.1) is 0 Å². The molecule has 2 bridgehead atoms. The Morgan fingerprint density at radius 1 is 0.942 bits per heavy atom. The summed E-state index contributed by atoms with van der Waals surface area (Å²) < 4.78 is 17.3. The molecule has 9 heteroatoms. The van der Waals surface area contributed by atoms with Crippen molar-refractivity contribution in [1.82, 2.24) is 15.3 Å². The van der Waals surface area contributed by atoms with Crippen LogP contribution < -0.4 is 15.0 Å². The number of fused-ring (bicyclic) bond motifs is 3. The average molecular weight is 711 g/mol. The third kappa shape index (κ3) is 7.74. The lowest BCUT2D eigenvalue weighted by Gasteiger charge is -2.55. The van der Waals surface area contributed by atoms with Crippen molar-refractivity contribution in [3.8, 4) is 17.0 Å². The number of methoxy groups -OCH3 is 1. The molecule has 3 aromatic rings. The highest BCUT2D eigenvalue weighted by molar-refractivity contribution is 5.95. The van der Waals surface area contributed by atoms with Gasteiger partial charge in [0, 0.05) is 35.7 Å². The predicted molar refractivity (Wildman–Crippen MR) is 203 cm³/mol. The Balaban J connectivity index is 1.08. The minimum absolute atomic E-state index is 0.0431. The molecule has 0 atom stereocenters. The number of ether oxygens (including phenoxy) is 2. The number of oxazole rings is 1. The minimum atomic E-state index is -0.304. The van der Waals surface area contributed by atoms with E-state index >= 15 is 0 Å². The molecule has 5 saturated carbocycles. The van der Waals surface area contributed by atoms with Crippen LogP contribution in [-0.2, 0) is 20.4 Å². The second-order valence-electron chi connectivity index (χ2n) is 17.4. The van der Waals surface area contributed by atoms with Gasteiger partial charge < -0.3 is 19.2 Å². The van der Waals surface area contributed by atoms with Gasteiger partial charge in [-0.05, 0) is 124 Å². The van der Waals surface area contributed by atoms with Crippen molar-refractivity contribution in [2.24, 2.45) is 11.3 Å². The maximum Gasteiger partial charge on any atom is 0.407 e. The number of hydrogen-bond acceptors (Lipinski definition) is 7. The van der Waals surface area contributed by atoms with Crippen LogP contribution in [0.4, 0.5) is 10.6 Å². The molecule has 52 heavy (non-hydrogen) atoms. The van der Waals surface area contributed by atoms with E-state index in [9.17, 15) is 9.59 Å². The number of hydrogen-bond donors (Lipinski definition) is 1. The molecule has 1 aromatic carbocycles. The van der Waals surface area contributed by atoms with Crippen LogP contribution in [0.25, 0.3) is 11.3 Å². The van der Waals surface area contributed by atoms with E-state index in [1.807, 2.05) is 17.0 Å². The molecule has 280 valence electrons. The monoisotopic (exact) mass is 710 g/mol. The highest BCUT2D eigenvalue weighted by atomic mass is 16.6. The molecule has 0 saturated heterocycles. The molecule has 2 aromatic heterocycles. The first-order valence-corrected chi connectivity index (χ1v) is 19.8. The first-order valence-electron chi connectivity index (χ1n) is 19.8. The molecule has 5 fully saturated rings. The molecule has 2 amide bonds. The van der Waals surface area contributed by atoms with Gasteiger partial charge in [0.1, 0.15) is 29.6 Å². The second kappa shape index (κ2) is 14.9. The van der Waals surface area contributed by atoms with Crippen LogP contribution in [0.5, 0.6) is 5.75 Å².